The molecule has 1 aliphatic rings. The number of benzene rings is 2. The van der Waals surface area contributed by atoms with Crippen LogP contribution in [0.1, 0.15) is 36.5 Å². The van der Waals surface area contributed by atoms with Crippen molar-refractivity contribution in [2.75, 3.05) is 7.11 Å². The van der Waals surface area contributed by atoms with Crippen LogP contribution in [0.3, 0.4) is 0 Å². The van der Waals surface area contributed by atoms with E-state index in [-0.39, 0.29) is 6.10 Å². The van der Waals surface area contributed by atoms with E-state index in [1.807, 2.05) is 12.1 Å². The molecule has 2 heteroatoms. The predicted octanol–water partition coefficient (Wildman–Crippen LogP) is 4.55. The minimum absolute atomic E-state index is 0.247. The topological polar surface area (TPSA) is 18.5 Å². The molecule has 0 aliphatic carbocycles. The third kappa shape index (κ3) is 3.64. The summed E-state index contributed by atoms with van der Waals surface area (Å²) < 4.78 is 11.4. The van der Waals surface area contributed by atoms with Gasteiger partial charge >= 0.3 is 0 Å². The fourth-order valence-corrected chi connectivity index (χ4v) is 2.95. The Hall–Kier alpha value is -1.80. The van der Waals surface area contributed by atoms with Crippen LogP contribution in [0.4, 0.5) is 0 Å². The van der Waals surface area contributed by atoms with Gasteiger partial charge in [0.05, 0.1) is 19.3 Å². The summed E-state index contributed by atoms with van der Waals surface area (Å²) in [6.45, 7) is 0. The molecule has 1 saturated heterocycles. The maximum atomic E-state index is 6.20. The lowest BCUT2D eigenvalue weighted by Crippen LogP contribution is -2.08. The van der Waals surface area contributed by atoms with E-state index in [2.05, 4.69) is 42.5 Å². The SMILES string of the molecule is COc1ccc(C2CCC(CCc3ccccc3)O2)cc1. The van der Waals surface area contributed by atoms with Gasteiger partial charge in [-0.25, -0.2) is 0 Å². The average molecular weight is 282 g/mol. The summed E-state index contributed by atoms with van der Waals surface area (Å²) in [5, 5.41) is 0. The van der Waals surface area contributed by atoms with E-state index in [1.54, 1.807) is 7.11 Å². The zero-order valence-electron chi connectivity index (χ0n) is 12.5. The summed E-state index contributed by atoms with van der Waals surface area (Å²) in [5.74, 6) is 0.900. The van der Waals surface area contributed by atoms with Crippen LogP contribution in [0, 0.1) is 0 Å². The number of hydrogen-bond donors (Lipinski definition) is 0. The highest BCUT2D eigenvalue weighted by molar-refractivity contribution is 5.28. The van der Waals surface area contributed by atoms with E-state index < -0.39 is 0 Å². The molecular formula is C19H22O2. The Morgan fingerprint density at radius 2 is 1.76 bits per heavy atom. The summed E-state index contributed by atoms with van der Waals surface area (Å²) in [4.78, 5) is 0. The van der Waals surface area contributed by atoms with Gasteiger partial charge in [0, 0.05) is 0 Å². The monoisotopic (exact) mass is 282 g/mol. The molecule has 0 N–H and O–H groups in total. The average Bonchev–Trinajstić information content (AvgIpc) is 3.03. The molecule has 0 saturated carbocycles. The largest absolute Gasteiger partial charge is 0.497 e. The number of aryl methyl sites for hydroxylation is 1. The van der Waals surface area contributed by atoms with Gasteiger partial charge in [-0.2, -0.15) is 0 Å². The van der Waals surface area contributed by atoms with Crippen molar-refractivity contribution in [3.63, 3.8) is 0 Å². The highest BCUT2D eigenvalue weighted by Gasteiger charge is 2.26. The fourth-order valence-electron chi connectivity index (χ4n) is 2.95. The van der Waals surface area contributed by atoms with Gasteiger partial charge in [0.1, 0.15) is 5.75 Å². The zero-order chi connectivity index (χ0) is 14.5. The van der Waals surface area contributed by atoms with Gasteiger partial charge in [-0.1, -0.05) is 42.5 Å². The lowest BCUT2D eigenvalue weighted by Gasteiger charge is -2.14. The highest BCUT2D eigenvalue weighted by Crippen LogP contribution is 2.35. The highest BCUT2D eigenvalue weighted by atomic mass is 16.5. The molecule has 110 valence electrons. The van der Waals surface area contributed by atoms with Crippen LogP contribution in [0.15, 0.2) is 54.6 Å². The summed E-state index contributed by atoms with van der Waals surface area (Å²) >= 11 is 0. The van der Waals surface area contributed by atoms with Crippen molar-refractivity contribution in [1.82, 2.24) is 0 Å². The number of methoxy groups -OCH3 is 1. The van der Waals surface area contributed by atoms with Crippen molar-refractivity contribution in [1.29, 1.82) is 0 Å². The van der Waals surface area contributed by atoms with E-state index in [9.17, 15) is 0 Å². The molecule has 21 heavy (non-hydrogen) atoms. The molecule has 2 atom stereocenters. The Balaban J connectivity index is 1.52. The maximum Gasteiger partial charge on any atom is 0.118 e. The molecule has 0 spiro atoms. The van der Waals surface area contributed by atoms with E-state index >= 15 is 0 Å². The molecule has 2 unspecified atom stereocenters. The van der Waals surface area contributed by atoms with E-state index in [0.29, 0.717) is 6.10 Å². The molecule has 0 aromatic heterocycles. The van der Waals surface area contributed by atoms with Gasteiger partial charge < -0.3 is 9.47 Å². The Morgan fingerprint density at radius 3 is 2.48 bits per heavy atom. The molecule has 1 fully saturated rings. The van der Waals surface area contributed by atoms with Crippen LogP contribution in [0.5, 0.6) is 5.75 Å². The third-order valence-corrected chi connectivity index (χ3v) is 4.19. The van der Waals surface area contributed by atoms with Gasteiger partial charge in [0.2, 0.25) is 0 Å². The molecule has 2 aromatic rings. The summed E-state index contributed by atoms with van der Waals surface area (Å²) in [6.07, 6.45) is 5.11. The second-order valence-electron chi connectivity index (χ2n) is 5.62. The molecule has 1 heterocycles. The Bertz CT molecular complexity index is 548. The minimum Gasteiger partial charge on any atom is -0.497 e. The Kier molecular flexibility index (Phi) is 4.56. The third-order valence-electron chi connectivity index (χ3n) is 4.19. The minimum atomic E-state index is 0.247. The van der Waals surface area contributed by atoms with Crippen molar-refractivity contribution in [3.8, 4) is 5.75 Å². The van der Waals surface area contributed by atoms with Crippen molar-refractivity contribution in [2.45, 2.75) is 37.9 Å². The summed E-state index contributed by atoms with van der Waals surface area (Å²) in [5.41, 5.74) is 2.66. The summed E-state index contributed by atoms with van der Waals surface area (Å²) in [7, 11) is 1.70. The molecule has 0 amide bonds. The van der Waals surface area contributed by atoms with Crippen molar-refractivity contribution >= 4 is 0 Å². The van der Waals surface area contributed by atoms with Crippen LogP contribution >= 0.6 is 0 Å². The van der Waals surface area contributed by atoms with Gasteiger partial charge in [-0.05, 0) is 48.9 Å². The normalized spacial score (nSPS) is 21.4. The zero-order valence-corrected chi connectivity index (χ0v) is 12.5. The lowest BCUT2D eigenvalue weighted by atomic mass is 10.0. The maximum absolute atomic E-state index is 6.20. The second kappa shape index (κ2) is 6.77. The first-order valence-electron chi connectivity index (χ1n) is 7.68. The van der Waals surface area contributed by atoms with Crippen LogP contribution in [0.2, 0.25) is 0 Å². The quantitative estimate of drug-likeness (QED) is 0.801. The first-order chi connectivity index (χ1) is 10.3. The fraction of sp³-hybridized carbons (Fsp3) is 0.368. The van der Waals surface area contributed by atoms with E-state index in [0.717, 1.165) is 31.4 Å². The van der Waals surface area contributed by atoms with Crippen molar-refractivity contribution < 1.29 is 9.47 Å². The van der Waals surface area contributed by atoms with Crippen LogP contribution < -0.4 is 4.74 Å². The van der Waals surface area contributed by atoms with Crippen molar-refractivity contribution in [2.24, 2.45) is 0 Å². The predicted molar refractivity (Wildman–Crippen MR) is 84.6 cm³/mol. The first kappa shape index (κ1) is 14.2. The number of ether oxygens (including phenoxy) is 2. The smallest absolute Gasteiger partial charge is 0.118 e. The summed E-state index contributed by atoms with van der Waals surface area (Å²) in [6, 6.07) is 18.9. The number of hydrogen-bond acceptors (Lipinski definition) is 2. The molecular weight excluding hydrogens is 260 g/mol. The molecule has 0 bridgehead atoms. The van der Waals surface area contributed by atoms with E-state index in [4.69, 9.17) is 9.47 Å². The van der Waals surface area contributed by atoms with Crippen LogP contribution in [-0.4, -0.2) is 13.2 Å². The molecule has 2 nitrogen and oxygen atoms in total. The molecule has 2 aromatic carbocycles. The van der Waals surface area contributed by atoms with Gasteiger partial charge in [-0.15, -0.1) is 0 Å². The molecule has 3 rings (SSSR count). The van der Waals surface area contributed by atoms with Gasteiger partial charge in [-0.3, -0.25) is 0 Å². The van der Waals surface area contributed by atoms with Crippen LogP contribution in [0.25, 0.3) is 0 Å². The van der Waals surface area contributed by atoms with Gasteiger partial charge in [0.25, 0.3) is 0 Å². The lowest BCUT2D eigenvalue weighted by molar-refractivity contribution is 0.0402. The van der Waals surface area contributed by atoms with Crippen molar-refractivity contribution in [3.05, 3.63) is 65.7 Å². The first-order valence-corrected chi connectivity index (χ1v) is 7.68. The second-order valence-corrected chi connectivity index (χ2v) is 5.62. The molecule has 1 aliphatic heterocycles. The Labute approximate surface area is 126 Å². The standard InChI is InChI=1S/C19H22O2/c1-20-17-11-8-16(9-12-17)19-14-13-18(21-19)10-7-15-5-3-2-4-6-15/h2-6,8-9,11-12,18-19H,7,10,13-14H2,1H3. The van der Waals surface area contributed by atoms with E-state index in [1.165, 1.54) is 11.1 Å². The number of rotatable bonds is 5. The Morgan fingerprint density at radius 1 is 1.00 bits per heavy atom. The van der Waals surface area contributed by atoms with Crippen LogP contribution in [-0.2, 0) is 11.2 Å². The molecule has 0 radical (unpaired) electrons. The van der Waals surface area contributed by atoms with Gasteiger partial charge in [0.15, 0.2) is 0 Å².